The van der Waals surface area contributed by atoms with Gasteiger partial charge in [-0.2, -0.15) is 13.2 Å². The number of aromatic nitrogens is 3. The number of likely N-dealkylation sites (tertiary alicyclic amines) is 1. The SMILES string of the molecule is O=c1ccnc(SCCCN2C[C@H]3C[C@@]3(c3ccc(C(F)(F)F)cn3)C2)[nH]1. The van der Waals surface area contributed by atoms with Gasteiger partial charge in [-0.15, -0.1) is 0 Å². The maximum absolute atomic E-state index is 12.7. The summed E-state index contributed by atoms with van der Waals surface area (Å²) in [5.41, 5.74) is -0.135. The average molecular weight is 396 g/mol. The van der Waals surface area contributed by atoms with Crippen molar-refractivity contribution in [2.75, 3.05) is 25.4 Å². The van der Waals surface area contributed by atoms with E-state index in [2.05, 4.69) is 19.9 Å². The highest BCUT2D eigenvalue weighted by atomic mass is 32.2. The number of alkyl halides is 3. The number of nitrogens with one attached hydrogen (secondary N) is 1. The van der Waals surface area contributed by atoms with Crippen LogP contribution < -0.4 is 5.56 Å². The smallest absolute Gasteiger partial charge is 0.302 e. The number of halogens is 3. The summed E-state index contributed by atoms with van der Waals surface area (Å²) < 4.78 is 38.1. The molecule has 1 saturated heterocycles. The molecular weight excluding hydrogens is 377 g/mol. The Morgan fingerprint density at radius 1 is 1.30 bits per heavy atom. The second kappa shape index (κ2) is 6.94. The first-order valence-corrected chi connectivity index (χ1v) is 9.80. The second-order valence-electron chi connectivity index (χ2n) is 7.16. The van der Waals surface area contributed by atoms with Gasteiger partial charge in [-0.1, -0.05) is 11.8 Å². The lowest BCUT2D eigenvalue weighted by molar-refractivity contribution is -0.137. The minimum absolute atomic E-state index is 0.0660. The van der Waals surface area contributed by atoms with Crippen molar-refractivity contribution in [2.24, 2.45) is 5.92 Å². The maximum Gasteiger partial charge on any atom is 0.417 e. The summed E-state index contributed by atoms with van der Waals surface area (Å²) in [6.45, 7) is 2.73. The molecule has 2 atom stereocenters. The lowest BCUT2D eigenvalue weighted by Crippen LogP contribution is -2.28. The number of rotatable bonds is 6. The molecule has 5 nitrogen and oxygen atoms in total. The van der Waals surface area contributed by atoms with E-state index in [-0.39, 0.29) is 11.0 Å². The lowest BCUT2D eigenvalue weighted by Gasteiger charge is -2.20. The van der Waals surface area contributed by atoms with Gasteiger partial charge in [-0.25, -0.2) is 4.98 Å². The van der Waals surface area contributed by atoms with Gasteiger partial charge in [0.2, 0.25) is 0 Å². The molecule has 2 aromatic rings. The monoisotopic (exact) mass is 396 g/mol. The van der Waals surface area contributed by atoms with Crippen molar-refractivity contribution in [3.63, 3.8) is 0 Å². The van der Waals surface area contributed by atoms with E-state index in [1.54, 1.807) is 6.07 Å². The van der Waals surface area contributed by atoms with Gasteiger partial charge in [-0.3, -0.25) is 9.78 Å². The van der Waals surface area contributed by atoms with Gasteiger partial charge in [-0.05, 0) is 37.4 Å². The number of aromatic amines is 1. The van der Waals surface area contributed by atoms with Crippen LogP contribution in [-0.4, -0.2) is 45.2 Å². The molecule has 2 aromatic heterocycles. The fourth-order valence-corrected chi connectivity index (χ4v) is 4.67. The molecule has 1 aliphatic carbocycles. The zero-order valence-electron chi connectivity index (χ0n) is 14.5. The Morgan fingerprint density at radius 3 is 2.85 bits per heavy atom. The van der Waals surface area contributed by atoms with E-state index in [0.717, 1.165) is 56.2 Å². The van der Waals surface area contributed by atoms with Crippen LogP contribution in [0, 0.1) is 5.92 Å². The molecule has 0 spiro atoms. The van der Waals surface area contributed by atoms with Gasteiger partial charge in [0.15, 0.2) is 5.16 Å². The predicted molar refractivity (Wildman–Crippen MR) is 95.7 cm³/mol. The molecule has 2 aliphatic rings. The van der Waals surface area contributed by atoms with Crippen LogP contribution in [0.4, 0.5) is 13.2 Å². The third kappa shape index (κ3) is 3.89. The number of thioether (sulfide) groups is 1. The Hall–Kier alpha value is -1.87. The molecule has 0 unspecified atom stereocenters. The number of piperidine rings is 1. The summed E-state index contributed by atoms with van der Waals surface area (Å²) in [4.78, 5) is 24.5. The van der Waals surface area contributed by atoms with Gasteiger partial charge in [0.1, 0.15) is 0 Å². The Kier molecular flexibility index (Phi) is 4.75. The Morgan fingerprint density at radius 2 is 2.15 bits per heavy atom. The molecule has 0 amide bonds. The zero-order chi connectivity index (χ0) is 19.1. The van der Waals surface area contributed by atoms with Crippen molar-refractivity contribution >= 4 is 11.8 Å². The zero-order valence-corrected chi connectivity index (χ0v) is 15.3. The van der Waals surface area contributed by atoms with Crippen molar-refractivity contribution in [3.05, 3.63) is 52.2 Å². The van der Waals surface area contributed by atoms with Crippen molar-refractivity contribution < 1.29 is 13.2 Å². The molecule has 0 bridgehead atoms. The normalized spacial score (nSPS) is 24.8. The van der Waals surface area contributed by atoms with E-state index in [4.69, 9.17) is 0 Å². The number of pyridine rings is 1. The minimum Gasteiger partial charge on any atom is -0.302 e. The molecule has 0 aromatic carbocycles. The van der Waals surface area contributed by atoms with Crippen LogP contribution in [0.3, 0.4) is 0 Å². The summed E-state index contributed by atoms with van der Waals surface area (Å²) in [5.74, 6) is 1.33. The first-order valence-electron chi connectivity index (χ1n) is 8.81. The van der Waals surface area contributed by atoms with E-state index < -0.39 is 11.7 Å². The summed E-state index contributed by atoms with van der Waals surface area (Å²) in [5, 5.41) is 0.622. The predicted octanol–water partition coefficient (Wildman–Crippen LogP) is 2.94. The number of nitrogens with zero attached hydrogens (tertiary/aromatic N) is 3. The van der Waals surface area contributed by atoms with Gasteiger partial charge in [0.25, 0.3) is 5.56 Å². The quantitative estimate of drug-likeness (QED) is 0.462. The third-order valence-corrected chi connectivity index (χ3v) is 6.30. The maximum atomic E-state index is 12.7. The van der Waals surface area contributed by atoms with Crippen molar-refractivity contribution in [1.29, 1.82) is 0 Å². The molecule has 2 fully saturated rings. The molecule has 1 aliphatic heterocycles. The van der Waals surface area contributed by atoms with Crippen molar-refractivity contribution in [1.82, 2.24) is 19.9 Å². The molecule has 1 saturated carbocycles. The Balaban J connectivity index is 1.28. The van der Waals surface area contributed by atoms with Crippen molar-refractivity contribution in [2.45, 2.75) is 29.6 Å². The Bertz CT molecular complexity index is 870. The summed E-state index contributed by atoms with van der Waals surface area (Å²) in [6, 6.07) is 4.06. The van der Waals surface area contributed by atoms with Crippen LogP contribution >= 0.6 is 11.8 Å². The van der Waals surface area contributed by atoms with Crippen LogP contribution in [0.2, 0.25) is 0 Å². The van der Waals surface area contributed by atoms with Crippen molar-refractivity contribution in [3.8, 4) is 0 Å². The Labute approximate surface area is 158 Å². The molecule has 27 heavy (non-hydrogen) atoms. The standard InChI is InChI=1S/C18H19F3N4OS/c19-18(20,21)12-2-3-14(23-9-12)17-8-13(17)10-25(11-17)6-1-7-27-16-22-5-4-15(26)24-16/h2-5,9,13H,1,6-8,10-11H2,(H,22,24,26)/t13-,17-/m1/s1. The number of H-pyrrole nitrogens is 1. The summed E-state index contributed by atoms with van der Waals surface area (Å²) in [6.07, 6.45) is 0.0596. The number of fused-ring (bicyclic) bond motifs is 1. The van der Waals surface area contributed by atoms with Crippen LogP contribution in [0.5, 0.6) is 0 Å². The van der Waals surface area contributed by atoms with E-state index in [0.29, 0.717) is 11.1 Å². The van der Waals surface area contributed by atoms with E-state index in [9.17, 15) is 18.0 Å². The molecule has 9 heteroatoms. The number of hydrogen-bond donors (Lipinski definition) is 1. The van der Waals surface area contributed by atoms with Gasteiger partial charge in [0.05, 0.1) is 5.56 Å². The topological polar surface area (TPSA) is 61.9 Å². The molecular formula is C18H19F3N4OS. The van der Waals surface area contributed by atoms with E-state index >= 15 is 0 Å². The third-order valence-electron chi connectivity index (χ3n) is 5.32. The second-order valence-corrected chi connectivity index (χ2v) is 8.25. The average Bonchev–Trinajstić information content (AvgIpc) is 3.20. The van der Waals surface area contributed by atoms with Gasteiger partial charge in [0, 0.05) is 48.4 Å². The molecule has 3 heterocycles. The lowest BCUT2D eigenvalue weighted by atomic mass is 10.00. The summed E-state index contributed by atoms with van der Waals surface area (Å²) in [7, 11) is 0. The molecule has 1 N–H and O–H groups in total. The molecule has 144 valence electrons. The fourth-order valence-electron chi connectivity index (χ4n) is 3.89. The van der Waals surface area contributed by atoms with Crippen LogP contribution in [0.25, 0.3) is 0 Å². The highest BCUT2D eigenvalue weighted by molar-refractivity contribution is 7.99. The number of hydrogen-bond acceptors (Lipinski definition) is 5. The van der Waals surface area contributed by atoms with Gasteiger partial charge >= 0.3 is 6.18 Å². The molecule has 0 radical (unpaired) electrons. The highest BCUT2D eigenvalue weighted by Gasteiger charge is 2.61. The first-order chi connectivity index (χ1) is 12.9. The van der Waals surface area contributed by atoms with E-state index in [1.807, 2.05) is 0 Å². The first kappa shape index (κ1) is 18.5. The highest BCUT2D eigenvalue weighted by Crippen LogP contribution is 2.58. The van der Waals surface area contributed by atoms with Crippen LogP contribution in [0.15, 0.2) is 40.5 Å². The molecule has 4 rings (SSSR count). The van der Waals surface area contributed by atoms with Gasteiger partial charge < -0.3 is 9.88 Å². The van der Waals surface area contributed by atoms with E-state index in [1.165, 1.54) is 24.0 Å². The van der Waals surface area contributed by atoms with Crippen LogP contribution in [-0.2, 0) is 11.6 Å². The largest absolute Gasteiger partial charge is 0.417 e. The summed E-state index contributed by atoms with van der Waals surface area (Å²) >= 11 is 1.52. The van der Waals surface area contributed by atoms with Crippen LogP contribution in [0.1, 0.15) is 24.1 Å². The fraction of sp³-hybridized carbons (Fsp3) is 0.500. The minimum atomic E-state index is -4.34.